The first-order valence-corrected chi connectivity index (χ1v) is 8.37. The summed E-state index contributed by atoms with van der Waals surface area (Å²) in [5, 5.41) is 3.88. The zero-order valence-electron chi connectivity index (χ0n) is 13.1. The predicted molar refractivity (Wildman–Crippen MR) is 90.1 cm³/mol. The quantitative estimate of drug-likeness (QED) is 0.679. The SMILES string of the molecule is O=C(COC(=O)CCc1nc2ccccc2o1)NC(=O)c1cccs1. The van der Waals surface area contributed by atoms with E-state index in [1.807, 2.05) is 18.2 Å². The smallest absolute Gasteiger partial charge is 0.306 e. The Labute approximate surface area is 146 Å². The third-order valence-corrected chi connectivity index (χ3v) is 4.11. The van der Waals surface area contributed by atoms with E-state index in [0.29, 0.717) is 16.4 Å². The van der Waals surface area contributed by atoms with Crippen LogP contribution in [-0.4, -0.2) is 29.4 Å². The monoisotopic (exact) mass is 358 g/mol. The van der Waals surface area contributed by atoms with Gasteiger partial charge in [0, 0.05) is 6.42 Å². The first-order chi connectivity index (χ1) is 12.1. The first kappa shape index (κ1) is 16.8. The number of oxazole rings is 1. The lowest BCUT2D eigenvalue weighted by atomic mass is 10.3. The molecule has 0 radical (unpaired) electrons. The zero-order valence-corrected chi connectivity index (χ0v) is 13.9. The number of carbonyl (C=O) groups is 3. The summed E-state index contributed by atoms with van der Waals surface area (Å²) in [5.74, 6) is -1.33. The van der Waals surface area contributed by atoms with Gasteiger partial charge in [0.2, 0.25) is 0 Å². The van der Waals surface area contributed by atoms with E-state index in [1.165, 1.54) is 11.3 Å². The maximum absolute atomic E-state index is 11.7. The van der Waals surface area contributed by atoms with Gasteiger partial charge < -0.3 is 9.15 Å². The molecule has 3 aromatic rings. The van der Waals surface area contributed by atoms with Gasteiger partial charge in [0.15, 0.2) is 18.1 Å². The van der Waals surface area contributed by atoms with E-state index in [-0.39, 0.29) is 12.8 Å². The number of aromatic nitrogens is 1. The second kappa shape index (κ2) is 7.71. The lowest BCUT2D eigenvalue weighted by molar-refractivity contribution is -0.148. The Morgan fingerprint density at radius 2 is 2.00 bits per heavy atom. The number of hydrogen-bond acceptors (Lipinski definition) is 7. The minimum Gasteiger partial charge on any atom is -0.456 e. The normalized spacial score (nSPS) is 10.6. The molecule has 1 aromatic carbocycles. The number of hydrogen-bond donors (Lipinski definition) is 1. The van der Waals surface area contributed by atoms with Crippen molar-refractivity contribution < 1.29 is 23.5 Å². The van der Waals surface area contributed by atoms with E-state index in [0.717, 1.165) is 5.52 Å². The highest BCUT2D eigenvalue weighted by molar-refractivity contribution is 7.12. The summed E-state index contributed by atoms with van der Waals surface area (Å²) in [7, 11) is 0. The third kappa shape index (κ3) is 4.51. The molecular weight excluding hydrogens is 344 g/mol. The molecular formula is C17H14N2O5S. The predicted octanol–water partition coefficient (Wildman–Crippen LogP) is 2.32. The molecule has 0 unspecified atom stereocenters. The van der Waals surface area contributed by atoms with E-state index in [2.05, 4.69) is 10.3 Å². The van der Waals surface area contributed by atoms with Gasteiger partial charge in [-0.25, -0.2) is 4.98 Å². The molecule has 0 spiro atoms. The summed E-state index contributed by atoms with van der Waals surface area (Å²) in [6.07, 6.45) is 0.294. The number of rotatable bonds is 6. The van der Waals surface area contributed by atoms with Gasteiger partial charge in [-0.15, -0.1) is 11.3 Å². The second-order valence-corrected chi connectivity index (χ2v) is 6.04. The van der Waals surface area contributed by atoms with Gasteiger partial charge in [-0.3, -0.25) is 19.7 Å². The van der Waals surface area contributed by atoms with Crippen molar-refractivity contribution in [1.29, 1.82) is 0 Å². The van der Waals surface area contributed by atoms with Gasteiger partial charge in [-0.1, -0.05) is 18.2 Å². The Balaban J connectivity index is 1.41. The highest BCUT2D eigenvalue weighted by Crippen LogP contribution is 2.15. The summed E-state index contributed by atoms with van der Waals surface area (Å²) in [5.41, 5.74) is 1.37. The molecule has 8 heteroatoms. The van der Waals surface area contributed by atoms with Crippen LogP contribution in [0.5, 0.6) is 0 Å². The molecule has 2 amide bonds. The second-order valence-electron chi connectivity index (χ2n) is 5.09. The minimum absolute atomic E-state index is 0.0268. The van der Waals surface area contributed by atoms with E-state index < -0.39 is 24.4 Å². The lowest BCUT2D eigenvalue weighted by Gasteiger charge is -2.04. The Hall–Kier alpha value is -3.00. The number of ether oxygens (including phenoxy) is 1. The van der Waals surface area contributed by atoms with Crippen LogP contribution in [0.25, 0.3) is 11.1 Å². The molecule has 0 atom stereocenters. The fraction of sp³-hybridized carbons (Fsp3) is 0.176. The van der Waals surface area contributed by atoms with Gasteiger partial charge in [0.25, 0.3) is 11.8 Å². The maximum Gasteiger partial charge on any atom is 0.306 e. The van der Waals surface area contributed by atoms with Crippen LogP contribution in [-0.2, 0) is 20.7 Å². The molecule has 0 aliphatic heterocycles. The molecule has 0 fully saturated rings. The van der Waals surface area contributed by atoms with E-state index in [1.54, 1.807) is 23.6 Å². The zero-order chi connectivity index (χ0) is 17.6. The van der Waals surface area contributed by atoms with Crippen molar-refractivity contribution in [2.45, 2.75) is 12.8 Å². The average Bonchev–Trinajstić information content (AvgIpc) is 3.27. The number of esters is 1. The van der Waals surface area contributed by atoms with Crippen molar-refractivity contribution in [3.63, 3.8) is 0 Å². The molecule has 0 saturated heterocycles. The lowest BCUT2D eigenvalue weighted by Crippen LogP contribution is -2.33. The number of aryl methyl sites for hydroxylation is 1. The first-order valence-electron chi connectivity index (χ1n) is 7.49. The molecule has 0 saturated carbocycles. The third-order valence-electron chi connectivity index (χ3n) is 3.24. The van der Waals surface area contributed by atoms with Crippen molar-refractivity contribution in [2.24, 2.45) is 0 Å². The van der Waals surface area contributed by atoms with Gasteiger partial charge in [0.05, 0.1) is 11.3 Å². The van der Waals surface area contributed by atoms with Gasteiger partial charge in [-0.05, 0) is 23.6 Å². The van der Waals surface area contributed by atoms with Crippen LogP contribution in [0.1, 0.15) is 22.0 Å². The fourth-order valence-corrected chi connectivity index (χ4v) is 2.71. The van der Waals surface area contributed by atoms with Crippen molar-refractivity contribution in [3.8, 4) is 0 Å². The number of nitrogens with zero attached hydrogens (tertiary/aromatic N) is 1. The number of imide groups is 1. The molecule has 1 N–H and O–H groups in total. The average molecular weight is 358 g/mol. The number of para-hydroxylation sites is 2. The Morgan fingerprint density at radius 3 is 2.76 bits per heavy atom. The number of nitrogens with one attached hydrogen (secondary N) is 1. The number of benzene rings is 1. The van der Waals surface area contributed by atoms with Crippen LogP contribution >= 0.6 is 11.3 Å². The Kier molecular flexibility index (Phi) is 5.20. The van der Waals surface area contributed by atoms with Crippen LogP contribution < -0.4 is 5.32 Å². The molecule has 25 heavy (non-hydrogen) atoms. The summed E-state index contributed by atoms with van der Waals surface area (Å²) < 4.78 is 10.3. The van der Waals surface area contributed by atoms with Gasteiger partial charge in [-0.2, -0.15) is 0 Å². The number of carbonyl (C=O) groups excluding carboxylic acids is 3. The molecule has 128 valence electrons. The van der Waals surface area contributed by atoms with E-state index in [4.69, 9.17) is 9.15 Å². The van der Waals surface area contributed by atoms with Gasteiger partial charge in [0.1, 0.15) is 5.52 Å². The largest absolute Gasteiger partial charge is 0.456 e. The molecule has 2 heterocycles. The van der Waals surface area contributed by atoms with Crippen molar-refractivity contribution in [2.75, 3.05) is 6.61 Å². The van der Waals surface area contributed by atoms with Crippen LogP contribution in [0.3, 0.4) is 0 Å². The van der Waals surface area contributed by atoms with Crippen molar-refractivity contribution in [1.82, 2.24) is 10.3 Å². The number of thiophene rings is 1. The van der Waals surface area contributed by atoms with Crippen molar-refractivity contribution in [3.05, 3.63) is 52.5 Å². The molecule has 0 bridgehead atoms. The molecule has 3 rings (SSSR count). The van der Waals surface area contributed by atoms with Crippen LogP contribution in [0, 0.1) is 0 Å². The Morgan fingerprint density at radius 1 is 1.16 bits per heavy atom. The van der Waals surface area contributed by atoms with Crippen LogP contribution in [0.4, 0.5) is 0 Å². The minimum atomic E-state index is -0.673. The standard InChI is InChI=1S/C17H14N2O5S/c20-14(19-17(22)13-6-3-9-25-13)10-23-16(21)8-7-15-18-11-4-1-2-5-12(11)24-15/h1-6,9H,7-8,10H2,(H,19,20,22). The number of amides is 2. The Bertz CT molecular complexity index is 868. The summed E-state index contributed by atoms with van der Waals surface area (Å²) in [6, 6.07) is 10.6. The molecule has 0 aliphatic carbocycles. The summed E-state index contributed by atoms with van der Waals surface area (Å²) >= 11 is 1.22. The molecule has 7 nitrogen and oxygen atoms in total. The van der Waals surface area contributed by atoms with Crippen molar-refractivity contribution >= 4 is 40.2 Å². The molecule has 2 aromatic heterocycles. The van der Waals surface area contributed by atoms with Crippen LogP contribution in [0.15, 0.2) is 46.2 Å². The van der Waals surface area contributed by atoms with E-state index in [9.17, 15) is 14.4 Å². The van der Waals surface area contributed by atoms with Crippen LogP contribution in [0.2, 0.25) is 0 Å². The summed E-state index contributed by atoms with van der Waals surface area (Å²) in [4.78, 5) is 39.6. The summed E-state index contributed by atoms with van der Waals surface area (Å²) in [6.45, 7) is -0.510. The highest BCUT2D eigenvalue weighted by Gasteiger charge is 2.14. The highest BCUT2D eigenvalue weighted by atomic mass is 32.1. The van der Waals surface area contributed by atoms with E-state index >= 15 is 0 Å². The number of fused-ring (bicyclic) bond motifs is 1. The molecule has 0 aliphatic rings. The van der Waals surface area contributed by atoms with Gasteiger partial charge >= 0.3 is 5.97 Å². The maximum atomic E-state index is 11.7. The fourth-order valence-electron chi connectivity index (χ4n) is 2.09. The topological polar surface area (TPSA) is 98.5 Å².